The van der Waals surface area contributed by atoms with Gasteiger partial charge in [0, 0.05) is 0 Å². The van der Waals surface area contributed by atoms with Crippen LogP contribution in [0.4, 0.5) is 4.79 Å². The molecule has 4 aromatic carbocycles. The lowest BCUT2D eigenvalue weighted by Crippen LogP contribution is -2.13. The topological polar surface area (TPSA) is 35.5 Å². The molecule has 0 N–H and O–H groups in total. The molecular weight excluding hydrogens is 348 g/mol. The maximum atomic E-state index is 11.3. The van der Waals surface area contributed by atoms with E-state index in [-0.39, 0.29) is 0 Å². The van der Waals surface area contributed by atoms with Gasteiger partial charge in [0.25, 0.3) is 0 Å². The number of carbonyl (C=O) groups excluding carboxylic acids is 1. The SMILES string of the molecule is O=C(Oc1ccccc1)Oc1ccccc1.c1ccc(-c2ccccc2)cc1. The highest BCUT2D eigenvalue weighted by molar-refractivity contribution is 5.67. The van der Waals surface area contributed by atoms with Gasteiger partial charge in [-0.1, -0.05) is 97.1 Å². The summed E-state index contributed by atoms with van der Waals surface area (Å²) in [6, 6.07) is 38.3. The second kappa shape index (κ2) is 10.3. The molecule has 0 aromatic heterocycles. The smallest absolute Gasteiger partial charge is 0.395 e. The zero-order valence-corrected chi connectivity index (χ0v) is 15.3. The quantitative estimate of drug-likeness (QED) is 0.301. The van der Waals surface area contributed by atoms with Crippen molar-refractivity contribution >= 4 is 6.16 Å². The minimum absolute atomic E-state index is 0.462. The van der Waals surface area contributed by atoms with E-state index < -0.39 is 6.16 Å². The van der Waals surface area contributed by atoms with Gasteiger partial charge in [0.2, 0.25) is 0 Å². The fourth-order valence-electron chi connectivity index (χ4n) is 2.45. The third-order valence-electron chi connectivity index (χ3n) is 3.77. The van der Waals surface area contributed by atoms with Crippen molar-refractivity contribution < 1.29 is 14.3 Å². The molecule has 0 radical (unpaired) electrons. The van der Waals surface area contributed by atoms with E-state index in [0.29, 0.717) is 11.5 Å². The largest absolute Gasteiger partial charge is 0.519 e. The molecule has 3 heteroatoms. The summed E-state index contributed by atoms with van der Waals surface area (Å²) in [5, 5.41) is 0. The van der Waals surface area contributed by atoms with E-state index >= 15 is 0 Å². The first-order valence-electron chi connectivity index (χ1n) is 8.91. The van der Waals surface area contributed by atoms with Crippen molar-refractivity contribution in [2.75, 3.05) is 0 Å². The second-order valence-corrected chi connectivity index (χ2v) is 5.81. The van der Waals surface area contributed by atoms with Gasteiger partial charge in [0.1, 0.15) is 11.5 Å². The van der Waals surface area contributed by atoms with E-state index in [1.54, 1.807) is 48.5 Å². The van der Waals surface area contributed by atoms with E-state index in [4.69, 9.17) is 9.47 Å². The van der Waals surface area contributed by atoms with Gasteiger partial charge in [-0.3, -0.25) is 0 Å². The van der Waals surface area contributed by atoms with Gasteiger partial charge >= 0.3 is 6.16 Å². The van der Waals surface area contributed by atoms with Crippen LogP contribution in [0.15, 0.2) is 121 Å². The summed E-state index contributed by atoms with van der Waals surface area (Å²) >= 11 is 0. The number of para-hydroxylation sites is 2. The average molecular weight is 368 g/mol. The van der Waals surface area contributed by atoms with Crippen LogP contribution in [0.25, 0.3) is 11.1 Å². The maximum Gasteiger partial charge on any atom is 0.519 e. The van der Waals surface area contributed by atoms with E-state index in [9.17, 15) is 4.79 Å². The summed E-state index contributed by atoms with van der Waals surface area (Å²) in [5.74, 6) is 0.923. The number of ether oxygens (including phenoxy) is 2. The Morgan fingerprint density at radius 1 is 0.429 bits per heavy atom. The molecule has 0 aliphatic carbocycles. The Hall–Kier alpha value is -3.85. The van der Waals surface area contributed by atoms with Crippen molar-refractivity contribution in [3.63, 3.8) is 0 Å². The average Bonchev–Trinajstić information content (AvgIpc) is 2.77. The minimum atomic E-state index is -0.739. The standard InChI is InChI=1S/C13H10O3.C12H10/c14-13(15-11-7-3-1-4-8-11)16-12-9-5-2-6-10-12;1-3-7-11(8-4-1)12-9-5-2-6-10-12/h1-10H;1-10H. The lowest BCUT2D eigenvalue weighted by molar-refractivity contribution is 0.152. The molecule has 0 bridgehead atoms. The predicted octanol–water partition coefficient (Wildman–Crippen LogP) is 6.62. The highest BCUT2D eigenvalue weighted by Gasteiger charge is 2.06. The maximum absolute atomic E-state index is 11.3. The highest BCUT2D eigenvalue weighted by Crippen LogP contribution is 2.17. The van der Waals surface area contributed by atoms with Crippen LogP contribution in [-0.2, 0) is 0 Å². The highest BCUT2D eigenvalue weighted by atomic mass is 16.7. The molecular formula is C25H20O3. The Morgan fingerprint density at radius 2 is 0.714 bits per heavy atom. The van der Waals surface area contributed by atoms with Crippen LogP contribution in [0.1, 0.15) is 0 Å². The van der Waals surface area contributed by atoms with Crippen LogP contribution in [0.5, 0.6) is 11.5 Å². The Morgan fingerprint density at radius 3 is 1.04 bits per heavy atom. The van der Waals surface area contributed by atoms with Crippen molar-refractivity contribution in [3.05, 3.63) is 121 Å². The van der Waals surface area contributed by atoms with E-state index in [1.165, 1.54) is 11.1 Å². The van der Waals surface area contributed by atoms with Crippen LogP contribution >= 0.6 is 0 Å². The number of rotatable bonds is 3. The van der Waals surface area contributed by atoms with Crippen LogP contribution in [-0.4, -0.2) is 6.16 Å². The van der Waals surface area contributed by atoms with Gasteiger partial charge in [0.05, 0.1) is 0 Å². The minimum Gasteiger partial charge on any atom is -0.395 e. The summed E-state index contributed by atoms with van der Waals surface area (Å²) in [4.78, 5) is 11.3. The zero-order valence-electron chi connectivity index (χ0n) is 15.3. The molecule has 0 aliphatic heterocycles. The van der Waals surface area contributed by atoms with Gasteiger partial charge in [-0.05, 0) is 35.4 Å². The molecule has 0 aliphatic rings. The molecule has 0 unspecified atom stereocenters. The summed E-state index contributed by atoms with van der Waals surface area (Å²) in [6.45, 7) is 0. The van der Waals surface area contributed by atoms with Crippen LogP contribution < -0.4 is 9.47 Å². The molecule has 0 saturated heterocycles. The number of hydrogen-bond acceptors (Lipinski definition) is 3. The first kappa shape index (κ1) is 18.9. The summed E-state index contributed by atoms with van der Waals surface area (Å²) < 4.78 is 9.91. The zero-order chi connectivity index (χ0) is 19.4. The van der Waals surface area contributed by atoms with Crippen molar-refractivity contribution in [1.82, 2.24) is 0 Å². The second-order valence-electron chi connectivity index (χ2n) is 5.81. The summed E-state index contributed by atoms with van der Waals surface area (Å²) in [6.07, 6.45) is -0.739. The first-order chi connectivity index (χ1) is 13.8. The van der Waals surface area contributed by atoms with Gasteiger partial charge in [-0.2, -0.15) is 0 Å². The van der Waals surface area contributed by atoms with Crippen molar-refractivity contribution in [2.24, 2.45) is 0 Å². The summed E-state index contributed by atoms with van der Waals surface area (Å²) in [5.41, 5.74) is 2.55. The van der Waals surface area contributed by atoms with Crippen molar-refractivity contribution in [3.8, 4) is 22.6 Å². The Kier molecular flexibility index (Phi) is 6.99. The van der Waals surface area contributed by atoms with Crippen molar-refractivity contribution in [1.29, 1.82) is 0 Å². The monoisotopic (exact) mass is 368 g/mol. The summed E-state index contributed by atoms with van der Waals surface area (Å²) in [7, 11) is 0. The molecule has 0 fully saturated rings. The van der Waals surface area contributed by atoms with Gasteiger partial charge in [0.15, 0.2) is 0 Å². The molecule has 0 spiro atoms. The normalized spacial score (nSPS) is 9.57. The molecule has 0 atom stereocenters. The lowest BCUT2D eigenvalue weighted by Gasteiger charge is -2.04. The number of hydrogen-bond donors (Lipinski definition) is 0. The van der Waals surface area contributed by atoms with Crippen LogP contribution in [0, 0.1) is 0 Å². The van der Waals surface area contributed by atoms with E-state index in [1.807, 2.05) is 24.3 Å². The van der Waals surface area contributed by atoms with E-state index in [2.05, 4.69) is 48.5 Å². The third-order valence-corrected chi connectivity index (χ3v) is 3.77. The third kappa shape index (κ3) is 6.15. The van der Waals surface area contributed by atoms with Gasteiger partial charge in [-0.15, -0.1) is 0 Å². The Labute approximate surface area is 164 Å². The fraction of sp³-hybridized carbons (Fsp3) is 0. The molecule has 138 valence electrons. The fourth-order valence-corrected chi connectivity index (χ4v) is 2.45. The molecule has 28 heavy (non-hydrogen) atoms. The predicted molar refractivity (Wildman–Crippen MR) is 111 cm³/mol. The van der Waals surface area contributed by atoms with Crippen LogP contribution in [0.2, 0.25) is 0 Å². The molecule has 4 rings (SSSR count). The number of benzene rings is 4. The molecule has 0 heterocycles. The van der Waals surface area contributed by atoms with Crippen molar-refractivity contribution in [2.45, 2.75) is 0 Å². The van der Waals surface area contributed by atoms with Crippen LogP contribution in [0.3, 0.4) is 0 Å². The van der Waals surface area contributed by atoms with E-state index in [0.717, 1.165) is 0 Å². The molecule has 3 nitrogen and oxygen atoms in total. The lowest BCUT2D eigenvalue weighted by atomic mass is 10.1. The first-order valence-corrected chi connectivity index (χ1v) is 8.91. The van der Waals surface area contributed by atoms with Gasteiger partial charge < -0.3 is 9.47 Å². The molecule has 4 aromatic rings. The van der Waals surface area contributed by atoms with Gasteiger partial charge in [-0.25, -0.2) is 4.79 Å². The Balaban J connectivity index is 0.000000167. The Bertz CT molecular complexity index is 873. The molecule has 0 saturated carbocycles. The number of carbonyl (C=O) groups is 1. The molecule has 0 amide bonds.